The standard InChI is InChI=1S/C17H17BrO5/c18-14-5-1-2-6-15(14)21-11-13-7-8-16(23-13)17(19)22-10-12-4-3-9-20-12/h1-2,5-8,12H,3-4,9-11H2. The average Bonchev–Trinajstić information content (AvgIpc) is 3.23. The van der Waals surface area contributed by atoms with E-state index in [9.17, 15) is 4.79 Å². The first-order valence-electron chi connectivity index (χ1n) is 7.47. The van der Waals surface area contributed by atoms with Gasteiger partial charge in [-0.15, -0.1) is 0 Å². The zero-order chi connectivity index (χ0) is 16.1. The van der Waals surface area contributed by atoms with Gasteiger partial charge in [0.25, 0.3) is 0 Å². The summed E-state index contributed by atoms with van der Waals surface area (Å²) in [5, 5.41) is 0. The highest BCUT2D eigenvalue weighted by atomic mass is 79.9. The van der Waals surface area contributed by atoms with Crippen LogP contribution >= 0.6 is 15.9 Å². The molecule has 1 atom stereocenters. The maximum absolute atomic E-state index is 11.9. The first-order valence-corrected chi connectivity index (χ1v) is 8.26. The third kappa shape index (κ3) is 4.36. The molecule has 3 rings (SSSR count). The van der Waals surface area contributed by atoms with Crippen molar-refractivity contribution in [2.24, 2.45) is 0 Å². The van der Waals surface area contributed by atoms with Crippen LogP contribution in [0.4, 0.5) is 0 Å². The van der Waals surface area contributed by atoms with E-state index in [4.69, 9.17) is 18.6 Å². The number of carbonyl (C=O) groups is 1. The minimum absolute atomic E-state index is 0.00662. The lowest BCUT2D eigenvalue weighted by Crippen LogP contribution is -2.17. The van der Waals surface area contributed by atoms with Gasteiger partial charge in [0, 0.05) is 6.61 Å². The first-order chi connectivity index (χ1) is 11.2. The zero-order valence-electron chi connectivity index (χ0n) is 12.5. The second kappa shape index (κ2) is 7.66. The lowest BCUT2D eigenvalue weighted by Gasteiger charge is -2.09. The molecule has 0 N–H and O–H groups in total. The summed E-state index contributed by atoms with van der Waals surface area (Å²) in [7, 11) is 0. The highest BCUT2D eigenvalue weighted by Crippen LogP contribution is 2.25. The van der Waals surface area contributed by atoms with Crippen molar-refractivity contribution in [3.05, 3.63) is 52.4 Å². The predicted molar refractivity (Wildman–Crippen MR) is 86.4 cm³/mol. The van der Waals surface area contributed by atoms with Crippen molar-refractivity contribution >= 4 is 21.9 Å². The number of esters is 1. The molecule has 5 nitrogen and oxygen atoms in total. The van der Waals surface area contributed by atoms with E-state index in [1.165, 1.54) is 0 Å². The molecule has 2 heterocycles. The Hall–Kier alpha value is -1.79. The molecule has 0 radical (unpaired) electrons. The van der Waals surface area contributed by atoms with Gasteiger partial charge < -0.3 is 18.6 Å². The number of hydrogen-bond donors (Lipinski definition) is 0. The largest absolute Gasteiger partial charge is 0.484 e. The number of benzene rings is 1. The molecule has 23 heavy (non-hydrogen) atoms. The third-order valence-corrected chi connectivity index (χ3v) is 4.15. The fourth-order valence-electron chi connectivity index (χ4n) is 2.29. The minimum atomic E-state index is -0.479. The number of rotatable bonds is 6. The van der Waals surface area contributed by atoms with E-state index >= 15 is 0 Å². The topological polar surface area (TPSA) is 57.9 Å². The summed E-state index contributed by atoms with van der Waals surface area (Å²) in [6.07, 6.45) is 1.95. The van der Waals surface area contributed by atoms with Gasteiger partial charge in [-0.25, -0.2) is 4.79 Å². The molecule has 0 spiro atoms. The van der Waals surface area contributed by atoms with E-state index < -0.39 is 5.97 Å². The zero-order valence-corrected chi connectivity index (χ0v) is 14.1. The Balaban J connectivity index is 1.51. The van der Waals surface area contributed by atoms with Gasteiger partial charge in [-0.05, 0) is 53.0 Å². The van der Waals surface area contributed by atoms with Gasteiger partial charge in [0.2, 0.25) is 5.76 Å². The third-order valence-electron chi connectivity index (χ3n) is 3.49. The molecule has 1 fully saturated rings. The van der Waals surface area contributed by atoms with Crippen LogP contribution in [0.3, 0.4) is 0 Å². The predicted octanol–water partition coefficient (Wildman–Crippen LogP) is 3.96. The van der Waals surface area contributed by atoms with E-state index in [1.54, 1.807) is 12.1 Å². The normalized spacial score (nSPS) is 17.2. The maximum Gasteiger partial charge on any atom is 0.374 e. The van der Waals surface area contributed by atoms with Gasteiger partial charge >= 0.3 is 5.97 Å². The Kier molecular flexibility index (Phi) is 5.35. The summed E-state index contributed by atoms with van der Waals surface area (Å²) in [5.41, 5.74) is 0. The molecule has 0 amide bonds. The molecule has 6 heteroatoms. The Labute approximate surface area is 142 Å². The SMILES string of the molecule is O=C(OCC1CCCO1)c1ccc(COc2ccccc2Br)o1. The van der Waals surface area contributed by atoms with Crippen LogP contribution in [-0.2, 0) is 16.1 Å². The van der Waals surface area contributed by atoms with Crippen LogP contribution in [0.5, 0.6) is 5.75 Å². The Morgan fingerprint density at radius 1 is 1.26 bits per heavy atom. The highest BCUT2D eigenvalue weighted by Gasteiger charge is 2.19. The Morgan fingerprint density at radius 2 is 2.13 bits per heavy atom. The summed E-state index contributed by atoms with van der Waals surface area (Å²) in [6.45, 7) is 1.24. The van der Waals surface area contributed by atoms with Gasteiger partial charge in [-0.2, -0.15) is 0 Å². The van der Waals surface area contributed by atoms with Crippen LogP contribution in [0.1, 0.15) is 29.2 Å². The Bertz CT molecular complexity index is 661. The van der Waals surface area contributed by atoms with Crippen LogP contribution in [0.25, 0.3) is 0 Å². The van der Waals surface area contributed by atoms with E-state index in [0.717, 1.165) is 23.9 Å². The molecule has 1 aromatic heterocycles. The van der Waals surface area contributed by atoms with Gasteiger partial charge in [0.05, 0.1) is 10.6 Å². The van der Waals surface area contributed by atoms with Crippen molar-refractivity contribution in [3.8, 4) is 5.75 Å². The van der Waals surface area contributed by atoms with Gasteiger partial charge in [-0.1, -0.05) is 12.1 Å². The van der Waals surface area contributed by atoms with Crippen molar-refractivity contribution in [1.29, 1.82) is 0 Å². The number of carbonyl (C=O) groups excluding carboxylic acids is 1. The molecule has 1 aliphatic heterocycles. The van der Waals surface area contributed by atoms with Crippen LogP contribution in [0, 0.1) is 0 Å². The Morgan fingerprint density at radius 3 is 2.91 bits per heavy atom. The van der Waals surface area contributed by atoms with Gasteiger partial charge in [0.15, 0.2) is 0 Å². The first kappa shape index (κ1) is 16.1. The molecular formula is C17H17BrO5. The van der Waals surface area contributed by atoms with E-state index in [-0.39, 0.29) is 25.1 Å². The quantitative estimate of drug-likeness (QED) is 0.709. The van der Waals surface area contributed by atoms with Crippen LogP contribution in [-0.4, -0.2) is 25.3 Å². The van der Waals surface area contributed by atoms with Crippen molar-refractivity contribution in [1.82, 2.24) is 0 Å². The summed E-state index contributed by atoms with van der Waals surface area (Å²) in [5.74, 6) is 0.970. The van der Waals surface area contributed by atoms with E-state index in [0.29, 0.717) is 11.5 Å². The minimum Gasteiger partial charge on any atom is -0.484 e. The molecule has 0 saturated carbocycles. The summed E-state index contributed by atoms with van der Waals surface area (Å²) >= 11 is 3.41. The number of para-hydroxylation sites is 1. The fourth-order valence-corrected chi connectivity index (χ4v) is 2.69. The summed E-state index contributed by atoms with van der Waals surface area (Å²) in [4.78, 5) is 11.9. The lowest BCUT2D eigenvalue weighted by molar-refractivity contribution is 0.0134. The number of halogens is 1. The molecule has 1 saturated heterocycles. The van der Waals surface area contributed by atoms with Crippen molar-refractivity contribution < 1.29 is 23.4 Å². The molecule has 2 aromatic rings. The number of hydrogen-bond acceptors (Lipinski definition) is 5. The fraction of sp³-hybridized carbons (Fsp3) is 0.353. The molecule has 1 unspecified atom stereocenters. The molecule has 1 aliphatic rings. The second-order valence-corrected chi connectivity index (χ2v) is 6.07. The molecule has 0 bridgehead atoms. The maximum atomic E-state index is 11.9. The van der Waals surface area contributed by atoms with Gasteiger partial charge in [-0.3, -0.25) is 0 Å². The summed E-state index contributed by atoms with van der Waals surface area (Å²) in [6, 6.07) is 10.8. The molecule has 122 valence electrons. The van der Waals surface area contributed by atoms with Crippen LogP contribution in [0.15, 0.2) is 45.3 Å². The summed E-state index contributed by atoms with van der Waals surface area (Å²) < 4.78 is 22.6. The number of ether oxygens (including phenoxy) is 3. The average molecular weight is 381 g/mol. The smallest absolute Gasteiger partial charge is 0.374 e. The second-order valence-electron chi connectivity index (χ2n) is 5.22. The monoisotopic (exact) mass is 380 g/mol. The van der Waals surface area contributed by atoms with E-state index in [2.05, 4.69) is 15.9 Å². The molecular weight excluding hydrogens is 364 g/mol. The van der Waals surface area contributed by atoms with Gasteiger partial charge in [0.1, 0.15) is 24.7 Å². The lowest BCUT2D eigenvalue weighted by atomic mass is 10.2. The van der Waals surface area contributed by atoms with Crippen molar-refractivity contribution in [2.75, 3.05) is 13.2 Å². The molecule has 0 aliphatic carbocycles. The van der Waals surface area contributed by atoms with Crippen molar-refractivity contribution in [2.45, 2.75) is 25.6 Å². The highest BCUT2D eigenvalue weighted by molar-refractivity contribution is 9.10. The van der Waals surface area contributed by atoms with Crippen LogP contribution in [0.2, 0.25) is 0 Å². The van der Waals surface area contributed by atoms with Crippen molar-refractivity contribution in [3.63, 3.8) is 0 Å². The van der Waals surface area contributed by atoms with E-state index in [1.807, 2.05) is 24.3 Å². The number of furan rings is 1. The molecule has 1 aromatic carbocycles. The van der Waals surface area contributed by atoms with Crippen LogP contribution < -0.4 is 4.74 Å².